The maximum atomic E-state index is 12.0. The summed E-state index contributed by atoms with van der Waals surface area (Å²) in [5, 5.41) is 15.3. The maximum Gasteiger partial charge on any atom is 0.229 e. The Morgan fingerprint density at radius 1 is 1.43 bits per heavy atom. The minimum Gasteiger partial charge on any atom is -0.494 e. The van der Waals surface area contributed by atoms with Crippen molar-refractivity contribution >= 4 is 28.9 Å². The predicted octanol–water partition coefficient (Wildman–Crippen LogP) is 2.69. The highest BCUT2D eigenvalue weighted by Gasteiger charge is 2.22. The molecule has 0 bridgehead atoms. The first-order chi connectivity index (χ1) is 9.77. The molecule has 0 spiro atoms. The van der Waals surface area contributed by atoms with Gasteiger partial charge in [-0.15, -0.1) is 11.6 Å². The van der Waals surface area contributed by atoms with E-state index in [1.54, 1.807) is 19.2 Å². The lowest BCUT2D eigenvalue weighted by atomic mass is 9.95. The van der Waals surface area contributed by atoms with Crippen LogP contribution in [0.15, 0.2) is 18.2 Å². The Labute approximate surface area is 130 Å². The number of alkyl halides is 1. The summed E-state index contributed by atoms with van der Waals surface area (Å²) in [5.74, 6) is 0.640. The number of anilines is 2. The van der Waals surface area contributed by atoms with Gasteiger partial charge in [0.1, 0.15) is 5.75 Å². The molecule has 118 valence electrons. The van der Waals surface area contributed by atoms with Gasteiger partial charge in [0.2, 0.25) is 5.91 Å². The zero-order chi connectivity index (χ0) is 16.0. The summed E-state index contributed by atoms with van der Waals surface area (Å²) < 4.78 is 5.29. The van der Waals surface area contributed by atoms with E-state index in [4.69, 9.17) is 16.3 Å². The number of ether oxygens (including phenoxy) is 1. The van der Waals surface area contributed by atoms with Crippen LogP contribution < -0.4 is 15.4 Å². The van der Waals surface area contributed by atoms with Crippen LogP contribution in [0.3, 0.4) is 0 Å². The summed E-state index contributed by atoms with van der Waals surface area (Å²) >= 11 is 5.54. The number of amides is 1. The average molecular weight is 315 g/mol. The Bertz CT molecular complexity index is 486. The van der Waals surface area contributed by atoms with E-state index in [9.17, 15) is 9.90 Å². The van der Waals surface area contributed by atoms with Crippen molar-refractivity contribution in [1.29, 1.82) is 0 Å². The molecule has 0 saturated carbocycles. The van der Waals surface area contributed by atoms with E-state index < -0.39 is 11.5 Å². The molecule has 21 heavy (non-hydrogen) atoms. The predicted molar refractivity (Wildman–Crippen MR) is 86.3 cm³/mol. The van der Waals surface area contributed by atoms with Crippen LogP contribution in [-0.2, 0) is 4.79 Å². The molecule has 0 heterocycles. The molecule has 0 radical (unpaired) electrons. The number of carbonyl (C=O) groups excluding carboxylic acids is 1. The molecule has 1 aromatic carbocycles. The van der Waals surface area contributed by atoms with E-state index in [0.717, 1.165) is 5.69 Å². The quantitative estimate of drug-likeness (QED) is 0.706. The molecular formula is C15H23ClN2O3. The van der Waals surface area contributed by atoms with Crippen LogP contribution in [0.1, 0.15) is 20.8 Å². The maximum absolute atomic E-state index is 12.0. The molecule has 0 aromatic heterocycles. The van der Waals surface area contributed by atoms with Crippen LogP contribution in [0.2, 0.25) is 0 Å². The van der Waals surface area contributed by atoms with Gasteiger partial charge in [0.05, 0.1) is 24.8 Å². The van der Waals surface area contributed by atoms with Gasteiger partial charge in [0.25, 0.3) is 0 Å². The van der Waals surface area contributed by atoms with Crippen LogP contribution in [0.4, 0.5) is 11.4 Å². The zero-order valence-electron chi connectivity index (χ0n) is 12.9. The number of hydrogen-bond donors (Lipinski definition) is 3. The first-order valence-electron chi connectivity index (χ1n) is 6.75. The molecule has 1 rings (SSSR count). The number of methoxy groups -OCH3 is 1. The van der Waals surface area contributed by atoms with E-state index in [-0.39, 0.29) is 11.8 Å². The highest BCUT2D eigenvalue weighted by atomic mass is 35.5. The van der Waals surface area contributed by atoms with E-state index in [0.29, 0.717) is 18.0 Å². The molecule has 1 atom stereocenters. The van der Waals surface area contributed by atoms with Gasteiger partial charge in [0, 0.05) is 23.7 Å². The molecule has 0 fully saturated rings. The highest BCUT2D eigenvalue weighted by molar-refractivity contribution is 6.18. The summed E-state index contributed by atoms with van der Waals surface area (Å²) in [7, 11) is 1.54. The second kappa shape index (κ2) is 7.52. The lowest BCUT2D eigenvalue weighted by molar-refractivity contribution is -0.123. The van der Waals surface area contributed by atoms with E-state index in [1.165, 1.54) is 0 Å². The topological polar surface area (TPSA) is 70.6 Å². The fraction of sp³-hybridized carbons (Fsp3) is 0.533. The molecule has 3 N–H and O–H groups in total. The molecule has 0 saturated heterocycles. The fourth-order valence-corrected chi connectivity index (χ4v) is 1.61. The molecular weight excluding hydrogens is 292 g/mol. The third kappa shape index (κ3) is 5.44. The first-order valence-corrected chi connectivity index (χ1v) is 7.28. The summed E-state index contributed by atoms with van der Waals surface area (Å²) in [6.45, 7) is 5.88. The number of aliphatic hydroxyl groups excluding tert-OH is 1. The highest BCUT2D eigenvalue weighted by Crippen LogP contribution is 2.29. The lowest BCUT2D eigenvalue weighted by Gasteiger charge is -2.19. The lowest BCUT2D eigenvalue weighted by Crippen LogP contribution is -2.27. The molecule has 0 aliphatic heterocycles. The Balaban J connectivity index is 2.82. The third-order valence-corrected chi connectivity index (χ3v) is 3.21. The van der Waals surface area contributed by atoms with E-state index in [2.05, 4.69) is 10.6 Å². The van der Waals surface area contributed by atoms with Crippen molar-refractivity contribution in [3.63, 3.8) is 0 Å². The van der Waals surface area contributed by atoms with Crippen molar-refractivity contribution in [2.75, 3.05) is 30.2 Å². The van der Waals surface area contributed by atoms with Crippen molar-refractivity contribution < 1.29 is 14.6 Å². The largest absolute Gasteiger partial charge is 0.494 e. The van der Waals surface area contributed by atoms with Crippen molar-refractivity contribution in [3.05, 3.63) is 18.2 Å². The Kier molecular flexibility index (Phi) is 6.30. The van der Waals surface area contributed by atoms with Gasteiger partial charge in [-0.25, -0.2) is 0 Å². The van der Waals surface area contributed by atoms with E-state index >= 15 is 0 Å². The van der Waals surface area contributed by atoms with Crippen molar-refractivity contribution in [3.8, 4) is 5.75 Å². The number of hydrogen-bond acceptors (Lipinski definition) is 4. The van der Waals surface area contributed by atoms with Crippen LogP contribution in [0.5, 0.6) is 5.75 Å². The van der Waals surface area contributed by atoms with Gasteiger partial charge in [-0.2, -0.15) is 0 Å². The molecule has 1 aromatic rings. The minimum absolute atomic E-state index is 0.0842. The normalized spacial score (nSPS) is 12.7. The summed E-state index contributed by atoms with van der Waals surface area (Å²) in [6.07, 6.45) is -0.613. The van der Waals surface area contributed by atoms with Gasteiger partial charge in [-0.1, -0.05) is 20.8 Å². The number of aliphatic hydroxyl groups is 1. The second-order valence-corrected chi connectivity index (χ2v) is 6.12. The average Bonchev–Trinajstić information content (AvgIpc) is 2.44. The molecule has 0 aliphatic rings. The second-order valence-electron chi connectivity index (χ2n) is 5.81. The SMILES string of the molecule is COc1cc(NCC(O)CCl)ccc1NC(=O)C(C)(C)C. The number of benzene rings is 1. The fourth-order valence-electron chi connectivity index (χ4n) is 1.50. The standard InChI is InChI=1S/C15H23ClN2O3/c1-15(2,3)14(20)18-12-6-5-10(7-13(12)21-4)17-9-11(19)8-16/h5-7,11,17,19H,8-9H2,1-4H3,(H,18,20). The Hall–Kier alpha value is -1.46. The monoisotopic (exact) mass is 314 g/mol. The molecule has 6 heteroatoms. The summed E-state index contributed by atoms with van der Waals surface area (Å²) in [6, 6.07) is 5.33. The molecule has 0 aliphatic carbocycles. The van der Waals surface area contributed by atoms with Crippen LogP contribution in [0.25, 0.3) is 0 Å². The van der Waals surface area contributed by atoms with Gasteiger partial charge in [0.15, 0.2) is 0 Å². The molecule has 1 amide bonds. The van der Waals surface area contributed by atoms with Gasteiger partial charge >= 0.3 is 0 Å². The molecule has 5 nitrogen and oxygen atoms in total. The van der Waals surface area contributed by atoms with Gasteiger partial charge in [-0.3, -0.25) is 4.79 Å². The summed E-state index contributed by atoms with van der Waals surface area (Å²) in [4.78, 5) is 12.0. The van der Waals surface area contributed by atoms with Crippen molar-refractivity contribution in [2.24, 2.45) is 5.41 Å². The van der Waals surface area contributed by atoms with Crippen LogP contribution >= 0.6 is 11.6 Å². The van der Waals surface area contributed by atoms with Crippen molar-refractivity contribution in [1.82, 2.24) is 0 Å². The van der Waals surface area contributed by atoms with Gasteiger partial charge < -0.3 is 20.5 Å². The zero-order valence-corrected chi connectivity index (χ0v) is 13.6. The number of rotatable bonds is 6. The third-order valence-electron chi connectivity index (χ3n) is 2.85. The Morgan fingerprint density at radius 2 is 2.10 bits per heavy atom. The number of nitrogens with one attached hydrogen (secondary N) is 2. The minimum atomic E-state index is -0.613. The van der Waals surface area contributed by atoms with Gasteiger partial charge in [-0.05, 0) is 12.1 Å². The number of carbonyl (C=O) groups is 1. The smallest absolute Gasteiger partial charge is 0.229 e. The molecule has 1 unspecified atom stereocenters. The number of halogens is 1. The Morgan fingerprint density at radius 3 is 2.62 bits per heavy atom. The van der Waals surface area contributed by atoms with Crippen LogP contribution in [-0.4, -0.2) is 36.7 Å². The first kappa shape index (κ1) is 17.6. The van der Waals surface area contributed by atoms with E-state index in [1.807, 2.05) is 26.8 Å². The van der Waals surface area contributed by atoms with Crippen LogP contribution in [0, 0.1) is 5.41 Å². The van der Waals surface area contributed by atoms with Crippen molar-refractivity contribution in [2.45, 2.75) is 26.9 Å². The summed E-state index contributed by atoms with van der Waals surface area (Å²) in [5.41, 5.74) is 0.914.